The molecule has 0 radical (unpaired) electrons. The van der Waals surface area contributed by atoms with Crippen LogP contribution in [0.25, 0.3) is 0 Å². The Morgan fingerprint density at radius 3 is 2.44 bits per heavy atom. The fourth-order valence-corrected chi connectivity index (χ4v) is 4.44. The molecule has 2 aliphatic rings. The molecule has 0 unspecified atom stereocenters. The zero-order valence-electron chi connectivity index (χ0n) is 18.2. The number of fused-ring (bicyclic) bond motifs is 1. The summed E-state index contributed by atoms with van der Waals surface area (Å²) in [6.45, 7) is 20.8. The zero-order chi connectivity index (χ0) is 20.6. The lowest BCUT2D eigenvalue weighted by Gasteiger charge is -2.45. The molecule has 0 aliphatic carbocycles. The first-order chi connectivity index (χ1) is 12.3. The van der Waals surface area contributed by atoms with E-state index < -0.39 is 38.7 Å². The van der Waals surface area contributed by atoms with Crippen LogP contribution in [-0.2, 0) is 23.4 Å². The highest BCUT2D eigenvalue weighted by atomic mass is 28.4. The van der Waals surface area contributed by atoms with E-state index in [1.54, 1.807) is 6.08 Å². The number of ether oxygens (including phenoxy) is 4. The van der Waals surface area contributed by atoms with Crippen LogP contribution in [0.15, 0.2) is 12.7 Å². The Balaban J connectivity index is 2.27. The van der Waals surface area contributed by atoms with Gasteiger partial charge in [0, 0.05) is 0 Å². The molecule has 0 aromatic carbocycles. The third kappa shape index (κ3) is 5.21. The molecule has 158 valence electrons. The Morgan fingerprint density at radius 1 is 1.30 bits per heavy atom. The molecule has 0 saturated carbocycles. The lowest BCUT2D eigenvalue weighted by molar-refractivity contribution is -0.264. The molecule has 27 heavy (non-hydrogen) atoms. The van der Waals surface area contributed by atoms with Gasteiger partial charge in [-0.15, -0.1) is 6.58 Å². The summed E-state index contributed by atoms with van der Waals surface area (Å²) in [7, 11) is -2.12. The van der Waals surface area contributed by atoms with Gasteiger partial charge in [0.2, 0.25) is 0 Å². The summed E-state index contributed by atoms with van der Waals surface area (Å²) < 4.78 is 31.0. The zero-order valence-corrected chi connectivity index (χ0v) is 19.2. The van der Waals surface area contributed by atoms with Crippen molar-refractivity contribution in [3.63, 3.8) is 0 Å². The Labute approximate surface area is 165 Å². The van der Waals surface area contributed by atoms with Crippen LogP contribution in [0.4, 0.5) is 0 Å². The Kier molecular flexibility index (Phi) is 7.00. The van der Waals surface area contributed by atoms with Crippen molar-refractivity contribution in [1.82, 2.24) is 0 Å². The Bertz CT molecular complexity index is 515. The molecule has 0 aromatic heterocycles. The predicted octanol–water partition coefficient (Wildman–Crippen LogP) is 3.60. The monoisotopic (exact) mass is 402 g/mol. The highest BCUT2D eigenvalue weighted by Crippen LogP contribution is 2.42. The van der Waals surface area contributed by atoms with E-state index in [1.165, 1.54) is 0 Å². The number of aliphatic hydroxyl groups is 1. The molecule has 7 heteroatoms. The first-order valence-electron chi connectivity index (χ1n) is 9.92. The van der Waals surface area contributed by atoms with Crippen molar-refractivity contribution in [3.8, 4) is 0 Å². The van der Waals surface area contributed by atoms with Gasteiger partial charge in [0.05, 0.1) is 12.7 Å². The molecule has 0 amide bonds. The first-order valence-corrected chi connectivity index (χ1v) is 12.8. The smallest absolute Gasteiger partial charge is 0.192 e. The SMILES string of the molecule is C=C[C@H](O[C@@H]1OC[C@H]2OC(C)(C)O[C@H]2[C@@H]1O[Si](C)(C)C(C)(C)C)[C@@H](O)CC. The summed E-state index contributed by atoms with van der Waals surface area (Å²) in [6.07, 6.45) is -0.560. The third-order valence-corrected chi connectivity index (χ3v) is 10.3. The van der Waals surface area contributed by atoms with Gasteiger partial charge in [-0.1, -0.05) is 33.8 Å². The number of rotatable bonds is 7. The summed E-state index contributed by atoms with van der Waals surface area (Å²) in [5.41, 5.74) is 0. The van der Waals surface area contributed by atoms with Crippen LogP contribution in [0.5, 0.6) is 0 Å². The van der Waals surface area contributed by atoms with Crippen molar-refractivity contribution in [3.05, 3.63) is 12.7 Å². The molecule has 0 spiro atoms. The molecule has 2 heterocycles. The Morgan fingerprint density at radius 2 is 1.93 bits per heavy atom. The van der Waals surface area contributed by atoms with Gasteiger partial charge in [0.1, 0.15) is 24.4 Å². The minimum atomic E-state index is -2.12. The first kappa shape index (κ1) is 23.0. The molecule has 6 atom stereocenters. The van der Waals surface area contributed by atoms with Crippen LogP contribution in [0, 0.1) is 0 Å². The van der Waals surface area contributed by atoms with Crippen LogP contribution < -0.4 is 0 Å². The summed E-state index contributed by atoms with van der Waals surface area (Å²) in [6, 6.07) is 0. The molecule has 6 nitrogen and oxygen atoms in total. The van der Waals surface area contributed by atoms with Crippen molar-refractivity contribution in [2.75, 3.05) is 6.61 Å². The fraction of sp³-hybridized carbons (Fsp3) is 0.900. The van der Waals surface area contributed by atoms with Crippen LogP contribution >= 0.6 is 0 Å². The van der Waals surface area contributed by atoms with E-state index >= 15 is 0 Å². The van der Waals surface area contributed by atoms with Crippen LogP contribution in [0.1, 0.15) is 48.0 Å². The molecule has 1 N–H and O–H groups in total. The van der Waals surface area contributed by atoms with Gasteiger partial charge in [-0.2, -0.15) is 0 Å². The summed E-state index contributed by atoms with van der Waals surface area (Å²) in [5.74, 6) is -0.691. The minimum absolute atomic E-state index is 0.0280. The maximum atomic E-state index is 10.2. The summed E-state index contributed by atoms with van der Waals surface area (Å²) >= 11 is 0. The van der Waals surface area contributed by atoms with E-state index in [2.05, 4.69) is 40.4 Å². The average molecular weight is 403 g/mol. The quantitative estimate of drug-likeness (QED) is 0.518. The second kappa shape index (κ2) is 8.22. The Hall–Kier alpha value is -0.283. The van der Waals surface area contributed by atoms with Gasteiger partial charge in [-0.3, -0.25) is 0 Å². The van der Waals surface area contributed by atoms with Crippen molar-refractivity contribution in [2.45, 2.75) is 109 Å². The fourth-order valence-electron chi connectivity index (χ4n) is 3.16. The predicted molar refractivity (Wildman–Crippen MR) is 107 cm³/mol. The summed E-state index contributed by atoms with van der Waals surface area (Å²) in [4.78, 5) is 0. The van der Waals surface area contributed by atoms with E-state index in [-0.39, 0.29) is 17.2 Å². The third-order valence-electron chi connectivity index (χ3n) is 5.80. The molecular weight excluding hydrogens is 364 g/mol. The second-order valence-corrected chi connectivity index (χ2v) is 14.3. The van der Waals surface area contributed by atoms with Crippen LogP contribution in [0.2, 0.25) is 18.1 Å². The average Bonchev–Trinajstić information content (AvgIpc) is 2.86. The molecule has 0 aromatic rings. The van der Waals surface area contributed by atoms with E-state index in [9.17, 15) is 5.11 Å². The lowest BCUT2D eigenvalue weighted by Crippen LogP contribution is -2.59. The molecular formula is C20H38O6Si. The van der Waals surface area contributed by atoms with Gasteiger partial charge in [-0.25, -0.2) is 0 Å². The molecule has 2 rings (SSSR count). The molecule has 2 aliphatic heterocycles. The van der Waals surface area contributed by atoms with Crippen LogP contribution in [-0.4, -0.2) is 62.6 Å². The van der Waals surface area contributed by atoms with Crippen molar-refractivity contribution in [1.29, 1.82) is 0 Å². The highest BCUT2D eigenvalue weighted by molar-refractivity contribution is 6.74. The van der Waals surface area contributed by atoms with Gasteiger partial charge >= 0.3 is 0 Å². The van der Waals surface area contributed by atoms with Crippen LogP contribution in [0.3, 0.4) is 0 Å². The number of aliphatic hydroxyl groups excluding tert-OH is 1. The largest absolute Gasteiger partial charge is 0.406 e. The molecule has 0 bridgehead atoms. The van der Waals surface area contributed by atoms with E-state index in [0.717, 1.165) is 0 Å². The van der Waals surface area contributed by atoms with Crippen molar-refractivity contribution in [2.24, 2.45) is 0 Å². The van der Waals surface area contributed by atoms with Gasteiger partial charge in [0.15, 0.2) is 20.4 Å². The van der Waals surface area contributed by atoms with Gasteiger partial charge in [0.25, 0.3) is 0 Å². The molecule has 2 fully saturated rings. The van der Waals surface area contributed by atoms with Crippen molar-refractivity contribution >= 4 is 8.32 Å². The standard InChI is InChI=1S/C20H38O6Si/c1-10-13(21)14(11-2)23-18-17(26-27(8,9)19(3,4)5)16-15(12-22-18)24-20(6,7)25-16/h11,13-18,21H,2,10,12H2,1,3-9H3/t13-,14-,15+,16+,17-,18-/m0/s1. The highest BCUT2D eigenvalue weighted by Gasteiger charge is 2.55. The van der Waals surface area contributed by atoms with E-state index in [0.29, 0.717) is 13.0 Å². The van der Waals surface area contributed by atoms with Gasteiger partial charge < -0.3 is 28.5 Å². The minimum Gasteiger partial charge on any atom is -0.406 e. The normalized spacial score (nSPS) is 33.4. The number of hydrogen-bond acceptors (Lipinski definition) is 6. The van der Waals surface area contributed by atoms with E-state index in [4.69, 9.17) is 23.4 Å². The van der Waals surface area contributed by atoms with Crippen molar-refractivity contribution < 1.29 is 28.5 Å². The maximum Gasteiger partial charge on any atom is 0.192 e. The van der Waals surface area contributed by atoms with Gasteiger partial charge in [-0.05, 0) is 38.4 Å². The maximum absolute atomic E-state index is 10.2. The topological polar surface area (TPSA) is 66.4 Å². The lowest BCUT2D eigenvalue weighted by atomic mass is 10.1. The van der Waals surface area contributed by atoms with E-state index in [1.807, 2.05) is 20.8 Å². The molecule has 2 saturated heterocycles. The number of hydrogen-bond donors (Lipinski definition) is 1. The second-order valence-electron chi connectivity index (χ2n) is 9.50. The summed E-state index contributed by atoms with van der Waals surface area (Å²) in [5, 5.41) is 10.3.